The van der Waals surface area contributed by atoms with Crippen molar-refractivity contribution in [2.24, 2.45) is 5.92 Å². The molecule has 2 aromatic heterocycles. The zero-order chi connectivity index (χ0) is 20.1. The summed E-state index contributed by atoms with van der Waals surface area (Å²) in [7, 11) is 3.35. The molecule has 0 atom stereocenters. The molecule has 7 nitrogen and oxygen atoms in total. The van der Waals surface area contributed by atoms with Gasteiger partial charge in [0.05, 0.1) is 25.5 Å². The Balaban J connectivity index is 1.63. The summed E-state index contributed by atoms with van der Waals surface area (Å²) in [5.74, 6) is 1.71. The van der Waals surface area contributed by atoms with Crippen molar-refractivity contribution in [2.45, 2.75) is 20.4 Å². The Morgan fingerprint density at radius 1 is 1.21 bits per heavy atom. The lowest BCUT2D eigenvalue weighted by molar-refractivity contribution is 0.0773. The lowest BCUT2D eigenvalue weighted by Gasteiger charge is -2.18. The molecule has 0 aliphatic carbocycles. The molecule has 2 heterocycles. The Kier molecular flexibility index (Phi) is 6.13. The van der Waals surface area contributed by atoms with Crippen LogP contribution in [0.5, 0.6) is 11.5 Å². The summed E-state index contributed by atoms with van der Waals surface area (Å²) in [5.41, 5.74) is 2.04. The van der Waals surface area contributed by atoms with Gasteiger partial charge in [-0.15, -0.1) is 0 Å². The summed E-state index contributed by atoms with van der Waals surface area (Å²) in [6.07, 6.45) is 3.39. The van der Waals surface area contributed by atoms with Crippen LogP contribution < -0.4 is 9.47 Å². The Morgan fingerprint density at radius 3 is 2.68 bits per heavy atom. The number of imidazole rings is 1. The van der Waals surface area contributed by atoms with Crippen LogP contribution in [0.2, 0.25) is 0 Å². The first-order chi connectivity index (χ1) is 13.5. The number of hydrogen-bond donors (Lipinski definition) is 0. The van der Waals surface area contributed by atoms with Gasteiger partial charge in [0.1, 0.15) is 12.1 Å². The van der Waals surface area contributed by atoms with Crippen LogP contribution in [-0.2, 0) is 6.54 Å². The van der Waals surface area contributed by atoms with Crippen molar-refractivity contribution < 1.29 is 14.3 Å². The van der Waals surface area contributed by atoms with Crippen molar-refractivity contribution in [1.29, 1.82) is 0 Å². The lowest BCUT2D eigenvalue weighted by Crippen LogP contribution is -2.31. The molecule has 0 N–H and O–H groups in total. The summed E-state index contributed by atoms with van der Waals surface area (Å²) in [6, 6.07) is 9.23. The average molecular weight is 382 g/mol. The van der Waals surface area contributed by atoms with Gasteiger partial charge in [0.25, 0.3) is 5.91 Å². The number of para-hydroxylation sites is 2. The van der Waals surface area contributed by atoms with Crippen LogP contribution in [0.4, 0.5) is 0 Å². The Bertz CT molecular complexity index is 952. The van der Waals surface area contributed by atoms with Gasteiger partial charge in [-0.05, 0) is 24.1 Å². The monoisotopic (exact) mass is 382 g/mol. The third-order valence-electron chi connectivity index (χ3n) is 4.36. The maximum absolute atomic E-state index is 12.7. The van der Waals surface area contributed by atoms with E-state index in [9.17, 15) is 4.79 Å². The van der Waals surface area contributed by atoms with Gasteiger partial charge in [-0.3, -0.25) is 4.79 Å². The highest BCUT2D eigenvalue weighted by atomic mass is 16.5. The predicted octanol–water partition coefficient (Wildman–Crippen LogP) is 3.25. The average Bonchev–Trinajstić information content (AvgIpc) is 3.09. The van der Waals surface area contributed by atoms with E-state index in [0.29, 0.717) is 36.1 Å². The SMILES string of the molecule is COc1ccccc1OCCN(C)C(=O)c1cnc2c(c1)ncn2CC(C)C. The summed E-state index contributed by atoms with van der Waals surface area (Å²) >= 11 is 0. The smallest absolute Gasteiger partial charge is 0.255 e. The molecule has 3 aromatic rings. The van der Waals surface area contributed by atoms with Crippen LogP contribution in [0.3, 0.4) is 0 Å². The molecule has 0 unspecified atom stereocenters. The van der Waals surface area contributed by atoms with E-state index in [1.165, 1.54) is 0 Å². The summed E-state index contributed by atoms with van der Waals surface area (Å²) < 4.78 is 13.0. The van der Waals surface area contributed by atoms with Crippen LogP contribution in [0, 0.1) is 5.92 Å². The van der Waals surface area contributed by atoms with E-state index < -0.39 is 0 Å². The van der Waals surface area contributed by atoms with Gasteiger partial charge in [-0.1, -0.05) is 26.0 Å². The Hall–Kier alpha value is -3.09. The van der Waals surface area contributed by atoms with E-state index in [4.69, 9.17) is 9.47 Å². The molecule has 0 aliphatic rings. The van der Waals surface area contributed by atoms with Gasteiger partial charge in [-0.2, -0.15) is 0 Å². The fraction of sp³-hybridized carbons (Fsp3) is 0.381. The summed E-state index contributed by atoms with van der Waals surface area (Å²) in [5, 5.41) is 0. The second kappa shape index (κ2) is 8.73. The predicted molar refractivity (Wildman–Crippen MR) is 108 cm³/mol. The minimum Gasteiger partial charge on any atom is -0.493 e. The Morgan fingerprint density at radius 2 is 1.96 bits per heavy atom. The second-order valence-electron chi connectivity index (χ2n) is 7.08. The molecule has 3 rings (SSSR count). The van der Waals surface area contributed by atoms with Gasteiger partial charge >= 0.3 is 0 Å². The van der Waals surface area contributed by atoms with Crippen molar-refractivity contribution in [2.75, 3.05) is 27.3 Å². The van der Waals surface area contributed by atoms with Gasteiger partial charge in [0, 0.05) is 19.8 Å². The van der Waals surface area contributed by atoms with E-state index in [-0.39, 0.29) is 5.91 Å². The van der Waals surface area contributed by atoms with E-state index in [2.05, 4.69) is 23.8 Å². The van der Waals surface area contributed by atoms with Gasteiger partial charge in [0.15, 0.2) is 17.1 Å². The number of carbonyl (C=O) groups excluding carboxylic acids is 1. The lowest BCUT2D eigenvalue weighted by atomic mass is 10.2. The van der Waals surface area contributed by atoms with Crippen molar-refractivity contribution in [3.8, 4) is 11.5 Å². The number of pyridine rings is 1. The number of amides is 1. The maximum Gasteiger partial charge on any atom is 0.255 e. The zero-order valence-electron chi connectivity index (χ0n) is 16.8. The largest absolute Gasteiger partial charge is 0.493 e. The number of fused-ring (bicyclic) bond motifs is 1. The molecule has 0 radical (unpaired) electrons. The molecule has 0 saturated carbocycles. The molecule has 0 saturated heterocycles. The van der Waals surface area contributed by atoms with E-state index >= 15 is 0 Å². The van der Waals surface area contributed by atoms with E-state index in [0.717, 1.165) is 17.7 Å². The Labute approximate surface area is 164 Å². The van der Waals surface area contributed by atoms with Crippen molar-refractivity contribution in [3.63, 3.8) is 0 Å². The molecule has 28 heavy (non-hydrogen) atoms. The van der Waals surface area contributed by atoms with Crippen LogP contribution in [0.15, 0.2) is 42.9 Å². The third kappa shape index (κ3) is 4.42. The highest BCUT2D eigenvalue weighted by Crippen LogP contribution is 2.25. The number of nitrogens with zero attached hydrogens (tertiary/aromatic N) is 4. The minimum absolute atomic E-state index is 0.114. The third-order valence-corrected chi connectivity index (χ3v) is 4.36. The molecule has 1 amide bonds. The summed E-state index contributed by atoms with van der Waals surface area (Å²) in [6.45, 7) is 5.94. The van der Waals surface area contributed by atoms with Crippen molar-refractivity contribution >= 4 is 17.1 Å². The first-order valence-electron chi connectivity index (χ1n) is 9.31. The second-order valence-corrected chi connectivity index (χ2v) is 7.08. The number of carbonyl (C=O) groups is 1. The number of rotatable bonds is 8. The molecule has 148 valence electrons. The van der Waals surface area contributed by atoms with Gasteiger partial charge in [-0.25, -0.2) is 9.97 Å². The number of likely N-dealkylation sites (N-methyl/N-ethyl adjacent to an activating group) is 1. The fourth-order valence-corrected chi connectivity index (χ4v) is 2.95. The van der Waals surface area contributed by atoms with Crippen LogP contribution >= 0.6 is 0 Å². The fourth-order valence-electron chi connectivity index (χ4n) is 2.95. The molecule has 0 bridgehead atoms. The van der Waals surface area contributed by atoms with Crippen LogP contribution in [-0.4, -0.2) is 52.7 Å². The number of hydrogen-bond acceptors (Lipinski definition) is 5. The summed E-state index contributed by atoms with van der Waals surface area (Å²) in [4.78, 5) is 23.2. The van der Waals surface area contributed by atoms with Crippen molar-refractivity contribution in [3.05, 3.63) is 48.4 Å². The maximum atomic E-state index is 12.7. The molecule has 0 aliphatic heterocycles. The molecule has 0 spiro atoms. The highest BCUT2D eigenvalue weighted by Gasteiger charge is 2.15. The molecular weight excluding hydrogens is 356 g/mol. The molecule has 0 fully saturated rings. The molecular formula is C21H26N4O3. The minimum atomic E-state index is -0.114. The number of aromatic nitrogens is 3. The van der Waals surface area contributed by atoms with E-state index in [1.807, 2.05) is 28.8 Å². The first kappa shape index (κ1) is 19.7. The zero-order valence-corrected chi connectivity index (χ0v) is 16.8. The first-order valence-corrected chi connectivity index (χ1v) is 9.31. The standard InChI is InChI=1S/C21H26N4O3/c1-15(2)13-25-14-23-17-11-16(12-22-20(17)25)21(26)24(3)9-10-28-19-8-6-5-7-18(19)27-4/h5-8,11-12,14-15H,9-10,13H2,1-4H3. The number of ether oxygens (including phenoxy) is 2. The van der Waals surface area contributed by atoms with Crippen molar-refractivity contribution in [1.82, 2.24) is 19.4 Å². The highest BCUT2D eigenvalue weighted by molar-refractivity contribution is 5.96. The molecule has 7 heteroatoms. The topological polar surface area (TPSA) is 69.5 Å². The van der Waals surface area contributed by atoms with Gasteiger partial charge in [0.2, 0.25) is 0 Å². The molecule has 1 aromatic carbocycles. The van der Waals surface area contributed by atoms with Crippen LogP contribution in [0.1, 0.15) is 24.2 Å². The van der Waals surface area contributed by atoms with E-state index in [1.54, 1.807) is 37.6 Å². The number of methoxy groups -OCH3 is 1. The normalized spacial score (nSPS) is 11.0. The quantitative estimate of drug-likeness (QED) is 0.598. The van der Waals surface area contributed by atoms with Crippen LogP contribution in [0.25, 0.3) is 11.2 Å². The number of benzene rings is 1. The van der Waals surface area contributed by atoms with Gasteiger partial charge < -0.3 is 18.9 Å².